The number of nitrogens with zero attached hydrogens (tertiary/aromatic N) is 2. The Hall–Kier alpha value is -0.780. The molecule has 1 saturated heterocycles. The maximum atomic E-state index is 11.6. The number of rotatable bonds is 6. The van der Waals surface area contributed by atoms with Crippen LogP contribution in [0.1, 0.15) is 19.3 Å². The molecule has 19 heavy (non-hydrogen) atoms. The molecule has 0 radical (unpaired) electrons. The molecule has 1 aliphatic rings. The van der Waals surface area contributed by atoms with Crippen LogP contribution in [0, 0.1) is 5.92 Å². The van der Waals surface area contributed by atoms with E-state index < -0.39 is 0 Å². The number of nitrogens with one attached hydrogen (secondary N) is 2. The van der Waals surface area contributed by atoms with E-state index in [1.165, 1.54) is 6.42 Å². The van der Waals surface area contributed by atoms with Crippen molar-refractivity contribution in [2.24, 2.45) is 5.92 Å². The van der Waals surface area contributed by atoms with E-state index >= 15 is 0 Å². The molecule has 2 rings (SSSR count). The fraction of sp³-hybridized carbons (Fsp3) is 0.667. The van der Waals surface area contributed by atoms with E-state index in [9.17, 15) is 4.79 Å². The quantitative estimate of drug-likeness (QED) is 0.831. The summed E-state index contributed by atoms with van der Waals surface area (Å²) in [6, 6.07) is 0. The molecule has 0 bridgehead atoms. The molecule has 0 saturated carbocycles. The van der Waals surface area contributed by atoms with Gasteiger partial charge in [-0.25, -0.2) is 4.98 Å². The predicted molar refractivity (Wildman–Crippen MR) is 79.9 cm³/mol. The molecule has 1 fully saturated rings. The van der Waals surface area contributed by atoms with Gasteiger partial charge in [-0.3, -0.25) is 4.79 Å². The topological polar surface area (TPSA) is 59.0 Å². The first-order chi connectivity index (χ1) is 8.34. The van der Waals surface area contributed by atoms with Crippen LogP contribution in [-0.4, -0.2) is 35.1 Å². The second kappa shape index (κ2) is 10.1. The highest BCUT2D eigenvalue weighted by Crippen LogP contribution is 2.10. The summed E-state index contributed by atoms with van der Waals surface area (Å²) in [4.78, 5) is 15.5. The van der Waals surface area contributed by atoms with Crippen LogP contribution >= 0.6 is 24.8 Å². The van der Waals surface area contributed by atoms with Gasteiger partial charge in [-0.15, -0.1) is 24.8 Å². The Bertz CT molecular complexity index is 340. The molecular weight excluding hydrogens is 287 g/mol. The summed E-state index contributed by atoms with van der Waals surface area (Å²) < 4.78 is 1.92. The predicted octanol–water partition coefficient (Wildman–Crippen LogP) is 1.23. The minimum atomic E-state index is 0. The summed E-state index contributed by atoms with van der Waals surface area (Å²) in [5.74, 6) is 0.869. The van der Waals surface area contributed by atoms with Gasteiger partial charge in [-0.05, 0) is 31.8 Å². The molecule has 1 unspecified atom stereocenters. The zero-order chi connectivity index (χ0) is 11.9. The number of hydrogen-bond acceptors (Lipinski definition) is 3. The smallest absolute Gasteiger partial charge is 0.221 e. The van der Waals surface area contributed by atoms with Gasteiger partial charge in [0, 0.05) is 31.9 Å². The highest BCUT2D eigenvalue weighted by atomic mass is 35.5. The Kier molecular flexibility index (Phi) is 9.65. The average Bonchev–Trinajstić information content (AvgIpc) is 2.99. The van der Waals surface area contributed by atoms with Gasteiger partial charge in [0.25, 0.3) is 0 Å². The molecule has 2 N–H and O–H groups in total. The Balaban J connectivity index is 0.00000162. The van der Waals surface area contributed by atoms with Gasteiger partial charge in [-0.1, -0.05) is 0 Å². The highest BCUT2D eigenvalue weighted by molar-refractivity contribution is 5.85. The summed E-state index contributed by atoms with van der Waals surface area (Å²) in [5.41, 5.74) is 0. The number of hydrogen-bond donors (Lipinski definition) is 2. The second-order valence-electron chi connectivity index (χ2n) is 4.55. The van der Waals surface area contributed by atoms with Crippen LogP contribution in [0.2, 0.25) is 0 Å². The Labute approximate surface area is 126 Å². The maximum Gasteiger partial charge on any atom is 0.221 e. The summed E-state index contributed by atoms with van der Waals surface area (Å²) in [5, 5.41) is 6.30. The number of carbonyl (C=O) groups excluding carboxylic acids is 1. The normalized spacial score (nSPS) is 17.4. The van der Waals surface area contributed by atoms with Gasteiger partial charge < -0.3 is 15.2 Å². The molecule has 110 valence electrons. The third kappa shape index (κ3) is 6.80. The Morgan fingerprint density at radius 3 is 2.95 bits per heavy atom. The van der Waals surface area contributed by atoms with E-state index in [1.807, 2.05) is 10.8 Å². The van der Waals surface area contributed by atoms with Gasteiger partial charge in [-0.2, -0.15) is 0 Å². The number of aryl methyl sites for hydroxylation is 1. The highest BCUT2D eigenvalue weighted by Gasteiger charge is 2.13. The van der Waals surface area contributed by atoms with Crippen molar-refractivity contribution in [1.82, 2.24) is 20.2 Å². The Morgan fingerprint density at radius 1 is 1.47 bits per heavy atom. The maximum absolute atomic E-state index is 11.6. The molecule has 1 amide bonds. The van der Waals surface area contributed by atoms with Crippen LogP contribution in [0.25, 0.3) is 0 Å². The molecular formula is C12H22Cl2N4O. The zero-order valence-corrected chi connectivity index (χ0v) is 12.5. The standard InChI is InChI=1S/C12H20N4O.2ClH/c17-12(3-7-16-8-6-14-10-16)15-5-2-11-1-4-13-9-11;;/h6,8,10-11,13H,1-5,7,9H2,(H,15,17);2*1H. The van der Waals surface area contributed by atoms with Gasteiger partial charge in [0.1, 0.15) is 0 Å². The lowest BCUT2D eigenvalue weighted by Crippen LogP contribution is -2.27. The van der Waals surface area contributed by atoms with Crippen molar-refractivity contribution in [2.75, 3.05) is 19.6 Å². The van der Waals surface area contributed by atoms with E-state index in [1.54, 1.807) is 12.5 Å². The fourth-order valence-corrected chi connectivity index (χ4v) is 2.11. The number of aromatic nitrogens is 2. The van der Waals surface area contributed by atoms with Crippen LogP contribution in [0.3, 0.4) is 0 Å². The molecule has 2 heterocycles. The molecule has 5 nitrogen and oxygen atoms in total. The van der Waals surface area contributed by atoms with Crippen molar-refractivity contribution >= 4 is 30.7 Å². The third-order valence-corrected chi connectivity index (χ3v) is 3.19. The van der Waals surface area contributed by atoms with E-state index in [0.717, 1.165) is 32.0 Å². The van der Waals surface area contributed by atoms with Crippen molar-refractivity contribution in [1.29, 1.82) is 0 Å². The van der Waals surface area contributed by atoms with Crippen LogP contribution in [0.4, 0.5) is 0 Å². The second-order valence-corrected chi connectivity index (χ2v) is 4.55. The minimum Gasteiger partial charge on any atom is -0.356 e. The van der Waals surface area contributed by atoms with Gasteiger partial charge >= 0.3 is 0 Å². The van der Waals surface area contributed by atoms with Crippen molar-refractivity contribution in [3.8, 4) is 0 Å². The van der Waals surface area contributed by atoms with Gasteiger partial charge in [0.15, 0.2) is 0 Å². The van der Waals surface area contributed by atoms with Crippen LogP contribution in [0.5, 0.6) is 0 Å². The third-order valence-electron chi connectivity index (χ3n) is 3.19. The average molecular weight is 309 g/mol. The van der Waals surface area contributed by atoms with Crippen molar-refractivity contribution in [3.63, 3.8) is 0 Å². The first-order valence-corrected chi connectivity index (χ1v) is 6.28. The molecule has 1 aliphatic heterocycles. The van der Waals surface area contributed by atoms with Crippen molar-refractivity contribution in [2.45, 2.75) is 25.8 Å². The summed E-state index contributed by atoms with van der Waals surface area (Å²) in [6.07, 6.45) is 8.19. The lowest BCUT2D eigenvalue weighted by molar-refractivity contribution is -0.121. The van der Waals surface area contributed by atoms with Crippen LogP contribution < -0.4 is 10.6 Å². The lowest BCUT2D eigenvalue weighted by atomic mass is 10.1. The van der Waals surface area contributed by atoms with Gasteiger partial charge in [0.05, 0.1) is 6.33 Å². The number of halogens is 2. The number of carbonyl (C=O) groups is 1. The summed E-state index contributed by atoms with van der Waals surface area (Å²) in [6.45, 7) is 3.73. The molecule has 1 aromatic heterocycles. The van der Waals surface area contributed by atoms with E-state index in [-0.39, 0.29) is 30.7 Å². The monoisotopic (exact) mass is 308 g/mol. The van der Waals surface area contributed by atoms with Crippen molar-refractivity contribution < 1.29 is 4.79 Å². The van der Waals surface area contributed by atoms with Crippen LogP contribution in [-0.2, 0) is 11.3 Å². The SMILES string of the molecule is Cl.Cl.O=C(CCn1ccnc1)NCCC1CCNC1. The fourth-order valence-electron chi connectivity index (χ4n) is 2.11. The molecule has 7 heteroatoms. The zero-order valence-electron chi connectivity index (χ0n) is 10.9. The minimum absolute atomic E-state index is 0. The summed E-state index contributed by atoms with van der Waals surface area (Å²) in [7, 11) is 0. The van der Waals surface area contributed by atoms with Gasteiger partial charge in [0.2, 0.25) is 5.91 Å². The lowest BCUT2D eigenvalue weighted by Gasteiger charge is -2.09. The Morgan fingerprint density at radius 2 is 2.32 bits per heavy atom. The first kappa shape index (κ1) is 18.2. The largest absolute Gasteiger partial charge is 0.356 e. The summed E-state index contributed by atoms with van der Waals surface area (Å²) >= 11 is 0. The molecule has 1 atom stereocenters. The molecule has 1 aromatic rings. The van der Waals surface area contributed by atoms with E-state index in [0.29, 0.717) is 13.0 Å². The molecule has 0 aromatic carbocycles. The first-order valence-electron chi connectivity index (χ1n) is 6.28. The van der Waals surface area contributed by atoms with E-state index in [4.69, 9.17) is 0 Å². The van der Waals surface area contributed by atoms with Crippen molar-refractivity contribution in [3.05, 3.63) is 18.7 Å². The van der Waals surface area contributed by atoms with Crippen LogP contribution in [0.15, 0.2) is 18.7 Å². The molecule has 0 spiro atoms. The number of amides is 1. The number of imidazole rings is 1. The van der Waals surface area contributed by atoms with E-state index in [2.05, 4.69) is 15.6 Å². The molecule has 0 aliphatic carbocycles.